The summed E-state index contributed by atoms with van der Waals surface area (Å²) >= 11 is 1.56. The van der Waals surface area contributed by atoms with Gasteiger partial charge in [-0.25, -0.2) is 4.79 Å². The van der Waals surface area contributed by atoms with Gasteiger partial charge in [-0.1, -0.05) is 12.1 Å². The van der Waals surface area contributed by atoms with E-state index in [4.69, 9.17) is 0 Å². The number of aliphatic carboxylic acids is 1. The van der Waals surface area contributed by atoms with Crippen molar-refractivity contribution < 1.29 is 14.7 Å². The van der Waals surface area contributed by atoms with E-state index in [1.807, 2.05) is 26.0 Å². The highest BCUT2D eigenvalue weighted by molar-refractivity contribution is 7.99. The lowest BCUT2D eigenvalue weighted by Crippen LogP contribution is -2.54. The summed E-state index contributed by atoms with van der Waals surface area (Å²) in [6, 6.07) is 5.48. The van der Waals surface area contributed by atoms with E-state index in [1.54, 1.807) is 17.8 Å². The summed E-state index contributed by atoms with van der Waals surface area (Å²) in [5.74, 6) is -0.0551. The average Bonchev–Trinajstić information content (AvgIpc) is 2.82. The topological polar surface area (TPSA) is 66.4 Å². The number of nitrogens with one attached hydrogen (secondary N) is 1. The second-order valence-corrected chi connectivity index (χ2v) is 6.00. The van der Waals surface area contributed by atoms with Gasteiger partial charge in [0.2, 0.25) is 0 Å². The Morgan fingerprint density at radius 2 is 2.11 bits per heavy atom. The van der Waals surface area contributed by atoms with Crippen LogP contribution in [0.15, 0.2) is 18.2 Å². The molecule has 2 rings (SSSR count). The summed E-state index contributed by atoms with van der Waals surface area (Å²) in [6.45, 7) is 3.81. The quantitative estimate of drug-likeness (QED) is 0.888. The molecule has 1 aliphatic rings. The van der Waals surface area contributed by atoms with Crippen molar-refractivity contribution in [3.05, 3.63) is 34.9 Å². The lowest BCUT2D eigenvalue weighted by molar-refractivity contribution is -0.143. The molecule has 0 radical (unpaired) electrons. The summed E-state index contributed by atoms with van der Waals surface area (Å²) in [7, 11) is 0. The summed E-state index contributed by atoms with van der Waals surface area (Å²) in [6.07, 6.45) is 0.476. The third kappa shape index (κ3) is 2.61. The molecule has 1 atom stereocenters. The fourth-order valence-electron chi connectivity index (χ4n) is 2.17. The van der Waals surface area contributed by atoms with Crippen molar-refractivity contribution in [3.8, 4) is 0 Å². The summed E-state index contributed by atoms with van der Waals surface area (Å²) < 4.78 is 0. The normalized spacial score (nSPS) is 22.2. The third-order valence-corrected chi connectivity index (χ3v) is 4.82. The van der Waals surface area contributed by atoms with Crippen molar-refractivity contribution in [3.63, 3.8) is 0 Å². The van der Waals surface area contributed by atoms with Gasteiger partial charge in [0.05, 0.1) is 0 Å². The van der Waals surface area contributed by atoms with Gasteiger partial charge in [0.25, 0.3) is 5.91 Å². The number of hydrogen-bond donors (Lipinski definition) is 2. The van der Waals surface area contributed by atoms with Crippen molar-refractivity contribution in [2.45, 2.75) is 25.8 Å². The molecule has 0 bridgehead atoms. The first-order valence-electron chi connectivity index (χ1n) is 6.16. The van der Waals surface area contributed by atoms with Crippen LogP contribution in [0, 0.1) is 13.8 Å². The Bertz CT molecular complexity index is 521. The molecule has 1 unspecified atom stereocenters. The molecular formula is C14H17NO3S. The van der Waals surface area contributed by atoms with E-state index in [1.165, 1.54) is 0 Å². The smallest absolute Gasteiger partial charge is 0.330 e. The maximum atomic E-state index is 12.3. The standard InChI is InChI=1S/C14H17NO3S/c1-9-4-3-5-11(10(9)2)12(16)15-14(13(17)18)6-7-19-8-14/h3-5H,6-8H2,1-2H3,(H,15,16)(H,17,18). The number of benzene rings is 1. The molecule has 0 aromatic heterocycles. The molecule has 102 valence electrons. The Hall–Kier alpha value is -1.49. The van der Waals surface area contributed by atoms with Gasteiger partial charge in [-0.2, -0.15) is 11.8 Å². The van der Waals surface area contributed by atoms with Crippen LogP contribution in [0.1, 0.15) is 27.9 Å². The van der Waals surface area contributed by atoms with E-state index in [0.29, 0.717) is 17.7 Å². The Morgan fingerprint density at radius 1 is 1.37 bits per heavy atom. The number of rotatable bonds is 3. The highest BCUT2D eigenvalue weighted by Crippen LogP contribution is 2.29. The fraction of sp³-hybridized carbons (Fsp3) is 0.429. The molecule has 2 N–H and O–H groups in total. The number of carboxylic acid groups (broad SMARTS) is 1. The van der Waals surface area contributed by atoms with Crippen LogP contribution >= 0.6 is 11.8 Å². The molecule has 1 saturated heterocycles. The second-order valence-electron chi connectivity index (χ2n) is 4.89. The minimum atomic E-state index is -1.11. The van der Waals surface area contributed by atoms with Crippen molar-refractivity contribution in [2.24, 2.45) is 0 Å². The molecule has 1 fully saturated rings. The van der Waals surface area contributed by atoms with Crippen molar-refractivity contribution in [1.82, 2.24) is 5.32 Å². The maximum absolute atomic E-state index is 12.3. The molecule has 0 saturated carbocycles. The summed E-state index contributed by atoms with van der Waals surface area (Å²) in [4.78, 5) is 23.7. The first-order valence-corrected chi connectivity index (χ1v) is 7.32. The van der Waals surface area contributed by atoms with E-state index < -0.39 is 11.5 Å². The fourth-order valence-corrected chi connectivity index (χ4v) is 3.49. The molecular weight excluding hydrogens is 262 g/mol. The lowest BCUT2D eigenvalue weighted by atomic mass is 9.97. The molecule has 1 aliphatic heterocycles. The van der Waals surface area contributed by atoms with Gasteiger partial charge in [-0.3, -0.25) is 4.79 Å². The van der Waals surface area contributed by atoms with Crippen LogP contribution in [0.5, 0.6) is 0 Å². The number of hydrogen-bond acceptors (Lipinski definition) is 3. The van der Waals surface area contributed by atoms with Crippen LogP contribution in [0.4, 0.5) is 0 Å². The lowest BCUT2D eigenvalue weighted by Gasteiger charge is -2.25. The van der Waals surface area contributed by atoms with Crippen LogP contribution in [-0.4, -0.2) is 34.0 Å². The molecule has 1 heterocycles. The molecule has 1 amide bonds. The van der Waals surface area contributed by atoms with Gasteiger partial charge in [0, 0.05) is 11.3 Å². The van der Waals surface area contributed by atoms with Gasteiger partial charge in [0.1, 0.15) is 5.54 Å². The predicted octanol–water partition coefficient (Wildman–Crippen LogP) is 1.99. The minimum absolute atomic E-state index is 0.300. The van der Waals surface area contributed by atoms with Crippen LogP contribution in [-0.2, 0) is 4.79 Å². The Morgan fingerprint density at radius 3 is 2.68 bits per heavy atom. The number of aryl methyl sites for hydroxylation is 1. The van der Waals surface area contributed by atoms with Crippen LogP contribution < -0.4 is 5.32 Å². The van der Waals surface area contributed by atoms with Crippen LogP contribution in [0.3, 0.4) is 0 Å². The molecule has 0 aliphatic carbocycles. The maximum Gasteiger partial charge on any atom is 0.330 e. The molecule has 0 spiro atoms. The number of carbonyl (C=O) groups is 2. The zero-order valence-electron chi connectivity index (χ0n) is 11.0. The molecule has 5 heteroatoms. The van der Waals surface area contributed by atoms with Crippen LogP contribution in [0.25, 0.3) is 0 Å². The van der Waals surface area contributed by atoms with Crippen molar-refractivity contribution in [2.75, 3.05) is 11.5 Å². The van der Waals surface area contributed by atoms with E-state index in [9.17, 15) is 14.7 Å². The molecule has 19 heavy (non-hydrogen) atoms. The van der Waals surface area contributed by atoms with E-state index >= 15 is 0 Å². The van der Waals surface area contributed by atoms with Crippen molar-refractivity contribution in [1.29, 1.82) is 0 Å². The van der Waals surface area contributed by atoms with Crippen molar-refractivity contribution >= 4 is 23.6 Å². The average molecular weight is 279 g/mol. The third-order valence-electron chi connectivity index (χ3n) is 3.63. The number of amides is 1. The van der Waals surface area contributed by atoms with E-state index in [2.05, 4.69) is 5.32 Å². The number of carboxylic acids is 1. The molecule has 1 aromatic carbocycles. The van der Waals surface area contributed by atoms with Gasteiger partial charge < -0.3 is 10.4 Å². The zero-order chi connectivity index (χ0) is 14.0. The van der Waals surface area contributed by atoms with Gasteiger partial charge >= 0.3 is 5.97 Å². The zero-order valence-corrected chi connectivity index (χ0v) is 11.8. The van der Waals surface area contributed by atoms with Gasteiger partial charge in [0.15, 0.2) is 0 Å². The Labute approximate surface area is 116 Å². The first kappa shape index (κ1) is 13.9. The van der Waals surface area contributed by atoms with Crippen LogP contribution in [0.2, 0.25) is 0 Å². The highest BCUT2D eigenvalue weighted by Gasteiger charge is 2.43. The van der Waals surface area contributed by atoms with E-state index in [-0.39, 0.29) is 5.91 Å². The molecule has 1 aromatic rings. The van der Waals surface area contributed by atoms with Gasteiger partial charge in [-0.15, -0.1) is 0 Å². The Balaban J connectivity index is 2.25. The predicted molar refractivity (Wildman–Crippen MR) is 75.7 cm³/mol. The number of carbonyl (C=O) groups excluding carboxylic acids is 1. The number of thioether (sulfide) groups is 1. The largest absolute Gasteiger partial charge is 0.479 e. The van der Waals surface area contributed by atoms with Gasteiger partial charge in [-0.05, 0) is 43.2 Å². The monoisotopic (exact) mass is 279 g/mol. The highest BCUT2D eigenvalue weighted by atomic mass is 32.2. The minimum Gasteiger partial charge on any atom is -0.479 e. The SMILES string of the molecule is Cc1cccc(C(=O)NC2(C(=O)O)CCSC2)c1C. The molecule has 4 nitrogen and oxygen atoms in total. The van der Waals surface area contributed by atoms with E-state index in [0.717, 1.165) is 16.9 Å². The summed E-state index contributed by atoms with van der Waals surface area (Å²) in [5.41, 5.74) is 1.36. The first-order chi connectivity index (χ1) is 8.96. The second kappa shape index (κ2) is 5.25. The Kier molecular flexibility index (Phi) is 3.85. The summed E-state index contributed by atoms with van der Waals surface area (Å²) in [5, 5.41) is 12.1.